The maximum Gasteiger partial charge on any atom is 0.437 e. The number of benzene rings is 1. The molecule has 4 rings (SSSR count). The van der Waals surface area contributed by atoms with Crippen LogP contribution in [0.2, 0.25) is 0 Å². The zero-order valence-electron chi connectivity index (χ0n) is 22.7. The van der Waals surface area contributed by atoms with Crippen molar-refractivity contribution in [3.63, 3.8) is 0 Å². The Hall–Kier alpha value is -3.43. The largest absolute Gasteiger partial charge is 0.437 e. The first kappa shape index (κ1) is 27.6. The molecule has 2 aliphatic rings. The van der Waals surface area contributed by atoms with Crippen LogP contribution in [0.25, 0.3) is 0 Å². The first-order chi connectivity index (χ1) is 18.1. The fraction of sp³-hybridized carbons (Fsp3) is 0.607. The Balaban J connectivity index is 1.44. The van der Waals surface area contributed by atoms with Crippen molar-refractivity contribution in [2.75, 3.05) is 19.0 Å². The Labute approximate surface area is 223 Å². The van der Waals surface area contributed by atoms with Gasteiger partial charge in [0, 0.05) is 31.4 Å². The van der Waals surface area contributed by atoms with Gasteiger partial charge in [-0.15, -0.1) is 5.10 Å². The summed E-state index contributed by atoms with van der Waals surface area (Å²) in [6.45, 7) is 4.36. The summed E-state index contributed by atoms with van der Waals surface area (Å²) >= 11 is 0. The average molecular weight is 526 g/mol. The molecule has 2 fully saturated rings. The molecule has 3 atom stereocenters. The van der Waals surface area contributed by atoms with Crippen LogP contribution in [0.1, 0.15) is 79.8 Å². The Bertz CT molecular complexity index is 1190. The summed E-state index contributed by atoms with van der Waals surface area (Å²) in [5.74, 6) is -1.88. The van der Waals surface area contributed by atoms with E-state index in [0.717, 1.165) is 31.4 Å². The molecule has 0 aliphatic heterocycles. The highest BCUT2D eigenvalue weighted by Crippen LogP contribution is 2.30. The smallest absolute Gasteiger partial charge is 0.384 e. The molecule has 0 bridgehead atoms. The number of nitrogens with one attached hydrogen (secondary N) is 2. The van der Waals surface area contributed by atoms with Gasteiger partial charge in [0.2, 0.25) is 11.7 Å². The van der Waals surface area contributed by atoms with Crippen molar-refractivity contribution in [3.05, 3.63) is 46.3 Å². The molecule has 1 heterocycles. The summed E-state index contributed by atoms with van der Waals surface area (Å²) in [5.41, 5.74) is 1.52. The van der Waals surface area contributed by atoms with Crippen molar-refractivity contribution in [3.8, 4) is 0 Å². The van der Waals surface area contributed by atoms with Gasteiger partial charge in [-0.1, -0.05) is 26.7 Å². The number of aromatic nitrogens is 2. The highest BCUT2D eigenvalue weighted by atomic mass is 16.4. The van der Waals surface area contributed by atoms with Crippen LogP contribution in [0.4, 0.5) is 5.69 Å². The topological polar surface area (TPSA) is 127 Å². The van der Waals surface area contributed by atoms with E-state index in [-0.39, 0.29) is 29.7 Å². The molecule has 0 spiro atoms. The van der Waals surface area contributed by atoms with Crippen molar-refractivity contribution in [1.29, 1.82) is 0 Å². The molecule has 2 aliphatic carbocycles. The SMILES string of the molecule is CC(C)CC(NC(=O)[C@@H]1CCCC[C@@H]1NC(=O)c1ccc(N(C)C)cc1)C(=O)c1nn(CC2CC2)c(=O)o1. The van der Waals surface area contributed by atoms with Gasteiger partial charge in [-0.3, -0.25) is 14.4 Å². The number of ketones is 1. The van der Waals surface area contributed by atoms with E-state index in [0.29, 0.717) is 37.3 Å². The number of carbonyl (C=O) groups is 3. The molecule has 1 unspecified atom stereocenters. The van der Waals surface area contributed by atoms with Crippen molar-refractivity contribution in [1.82, 2.24) is 20.4 Å². The summed E-state index contributed by atoms with van der Waals surface area (Å²) < 4.78 is 6.38. The molecule has 2 aromatic rings. The quantitative estimate of drug-likeness (QED) is 0.432. The van der Waals surface area contributed by atoms with E-state index < -0.39 is 23.5 Å². The van der Waals surface area contributed by atoms with Gasteiger partial charge in [0.25, 0.3) is 11.8 Å². The number of hydrogen-bond donors (Lipinski definition) is 2. The van der Waals surface area contributed by atoms with E-state index in [9.17, 15) is 19.2 Å². The number of Topliss-reactive ketones (excluding diaryl/α,β-unsaturated/α-hetero) is 1. The van der Waals surface area contributed by atoms with Crippen molar-refractivity contribution in [2.45, 2.75) is 77.4 Å². The molecular formula is C28H39N5O5. The van der Waals surface area contributed by atoms with Crippen LogP contribution in [-0.2, 0) is 11.3 Å². The maximum absolute atomic E-state index is 13.5. The van der Waals surface area contributed by atoms with E-state index >= 15 is 0 Å². The van der Waals surface area contributed by atoms with Crippen molar-refractivity contribution >= 4 is 23.3 Å². The van der Waals surface area contributed by atoms with Gasteiger partial charge in [0.15, 0.2) is 0 Å². The van der Waals surface area contributed by atoms with Gasteiger partial charge < -0.3 is 20.0 Å². The zero-order valence-corrected chi connectivity index (χ0v) is 22.7. The standard InChI is InChI=1S/C28H39N5O5/c1-17(2)15-23(24(34)27-31-33(28(37)38-27)16-18-9-10-18)30-26(36)21-7-5-6-8-22(21)29-25(35)19-11-13-20(14-12-19)32(3)4/h11-14,17-18,21-23H,5-10,15-16H2,1-4H3,(H,29,35)(H,30,36)/t21-,22+,23?/m1/s1. The average Bonchev–Trinajstić information content (AvgIpc) is 3.63. The van der Waals surface area contributed by atoms with E-state index in [1.54, 1.807) is 12.1 Å². The summed E-state index contributed by atoms with van der Waals surface area (Å²) in [6.07, 6.45) is 5.53. The molecule has 0 radical (unpaired) electrons. The molecule has 2 N–H and O–H groups in total. The highest BCUT2D eigenvalue weighted by Gasteiger charge is 2.36. The Kier molecular flexibility index (Phi) is 8.69. The minimum atomic E-state index is -0.869. The number of nitrogens with zero attached hydrogens (tertiary/aromatic N) is 3. The van der Waals surface area contributed by atoms with Crippen molar-refractivity contribution in [2.24, 2.45) is 17.8 Å². The zero-order chi connectivity index (χ0) is 27.4. The third-order valence-corrected chi connectivity index (χ3v) is 7.35. The molecule has 10 nitrogen and oxygen atoms in total. The molecule has 1 aromatic carbocycles. The van der Waals surface area contributed by atoms with Crippen LogP contribution in [0.3, 0.4) is 0 Å². The molecule has 10 heteroatoms. The minimum Gasteiger partial charge on any atom is -0.384 e. The fourth-order valence-electron chi connectivity index (χ4n) is 4.98. The summed E-state index contributed by atoms with van der Waals surface area (Å²) in [7, 11) is 3.87. The first-order valence-electron chi connectivity index (χ1n) is 13.6. The number of carbonyl (C=O) groups excluding carboxylic acids is 3. The number of rotatable bonds is 11. The van der Waals surface area contributed by atoms with E-state index in [2.05, 4.69) is 15.7 Å². The van der Waals surface area contributed by atoms with Crippen LogP contribution in [-0.4, -0.2) is 53.6 Å². The first-order valence-corrected chi connectivity index (χ1v) is 13.6. The maximum atomic E-state index is 13.5. The molecule has 38 heavy (non-hydrogen) atoms. The molecular weight excluding hydrogens is 486 g/mol. The van der Waals surface area contributed by atoms with Gasteiger partial charge in [0.05, 0.1) is 18.5 Å². The van der Waals surface area contributed by atoms with E-state index in [4.69, 9.17) is 4.42 Å². The second kappa shape index (κ2) is 12.0. The van der Waals surface area contributed by atoms with Crippen LogP contribution in [0.15, 0.2) is 33.5 Å². The Morgan fingerprint density at radius 1 is 1.08 bits per heavy atom. The van der Waals surface area contributed by atoms with Crippen LogP contribution >= 0.6 is 0 Å². The number of amides is 2. The summed E-state index contributed by atoms with van der Waals surface area (Å²) in [5, 5.41) is 10.1. The monoisotopic (exact) mass is 525 g/mol. The second-order valence-corrected chi connectivity index (χ2v) is 11.3. The van der Waals surface area contributed by atoms with E-state index in [1.807, 2.05) is 45.0 Å². The van der Waals surface area contributed by atoms with Crippen LogP contribution in [0.5, 0.6) is 0 Å². The lowest BCUT2D eigenvalue weighted by Gasteiger charge is -2.32. The fourth-order valence-corrected chi connectivity index (χ4v) is 4.98. The lowest BCUT2D eigenvalue weighted by atomic mass is 9.83. The second-order valence-electron chi connectivity index (χ2n) is 11.3. The van der Waals surface area contributed by atoms with Crippen LogP contribution < -0.4 is 21.3 Å². The highest BCUT2D eigenvalue weighted by molar-refractivity contribution is 5.99. The predicted molar refractivity (Wildman–Crippen MR) is 143 cm³/mol. The van der Waals surface area contributed by atoms with Crippen molar-refractivity contribution < 1.29 is 18.8 Å². The van der Waals surface area contributed by atoms with Gasteiger partial charge in [-0.05, 0) is 68.2 Å². The Morgan fingerprint density at radius 3 is 2.39 bits per heavy atom. The number of anilines is 1. The summed E-state index contributed by atoms with van der Waals surface area (Å²) in [6, 6.07) is 6.10. The lowest BCUT2D eigenvalue weighted by Crippen LogP contribution is -2.52. The molecule has 1 aromatic heterocycles. The third kappa shape index (κ3) is 6.90. The van der Waals surface area contributed by atoms with Crippen LogP contribution in [0, 0.1) is 17.8 Å². The third-order valence-electron chi connectivity index (χ3n) is 7.35. The Morgan fingerprint density at radius 2 is 1.76 bits per heavy atom. The molecule has 0 saturated heterocycles. The minimum absolute atomic E-state index is 0.108. The number of hydrogen-bond acceptors (Lipinski definition) is 7. The predicted octanol–water partition coefficient (Wildman–Crippen LogP) is 3.01. The van der Waals surface area contributed by atoms with Gasteiger partial charge >= 0.3 is 5.76 Å². The van der Waals surface area contributed by atoms with E-state index in [1.165, 1.54) is 4.68 Å². The summed E-state index contributed by atoms with van der Waals surface area (Å²) in [4.78, 5) is 53.9. The van der Waals surface area contributed by atoms with Gasteiger partial charge in [0.1, 0.15) is 0 Å². The lowest BCUT2D eigenvalue weighted by molar-refractivity contribution is -0.127. The molecule has 206 valence electrons. The van der Waals surface area contributed by atoms with Gasteiger partial charge in [-0.25, -0.2) is 4.79 Å². The normalized spacial score (nSPS) is 20.1. The molecule has 2 saturated carbocycles. The molecule has 2 amide bonds. The van der Waals surface area contributed by atoms with Gasteiger partial charge in [-0.2, -0.15) is 4.68 Å².